The van der Waals surface area contributed by atoms with E-state index in [0.717, 1.165) is 45.3 Å². The minimum absolute atomic E-state index is 0.294. The standard InChI is InChI=1S/C14H28N2O2/c1-4-16(5-2)10-6-7-11(3)15-13(14(17)18)12-8-9-12/h11-13,15H,4-10H2,1-3H3,(H,17,18). The third kappa shape index (κ3) is 5.36. The third-order valence-electron chi connectivity index (χ3n) is 3.83. The molecule has 4 nitrogen and oxygen atoms in total. The van der Waals surface area contributed by atoms with Crippen molar-refractivity contribution in [1.82, 2.24) is 10.2 Å². The highest BCUT2D eigenvalue weighted by molar-refractivity contribution is 5.74. The van der Waals surface area contributed by atoms with Gasteiger partial charge in [0.1, 0.15) is 6.04 Å². The second-order valence-corrected chi connectivity index (χ2v) is 5.39. The summed E-state index contributed by atoms with van der Waals surface area (Å²) in [5.74, 6) is -0.319. The first-order chi connectivity index (χ1) is 8.58. The van der Waals surface area contributed by atoms with Crippen molar-refractivity contribution in [1.29, 1.82) is 0 Å². The Bertz CT molecular complexity index is 250. The molecule has 1 rings (SSSR count). The SMILES string of the molecule is CCN(CC)CCCC(C)NC(C(=O)O)C1CC1. The summed E-state index contributed by atoms with van der Waals surface area (Å²) in [6, 6.07) is -0.0317. The van der Waals surface area contributed by atoms with Gasteiger partial charge >= 0.3 is 5.97 Å². The van der Waals surface area contributed by atoms with Gasteiger partial charge in [0.25, 0.3) is 0 Å². The summed E-state index contributed by atoms with van der Waals surface area (Å²) in [4.78, 5) is 13.5. The van der Waals surface area contributed by atoms with Crippen molar-refractivity contribution in [2.45, 2.75) is 58.5 Å². The second-order valence-electron chi connectivity index (χ2n) is 5.39. The lowest BCUT2D eigenvalue weighted by atomic mass is 10.1. The molecule has 2 N–H and O–H groups in total. The van der Waals surface area contributed by atoms with E-state index in [9.17, 15) is 4.79 Å². The molecule has 4 heteroatoms. The van der Waals surface area contributed by atoms with E-state index in [0.29, 0.717) is 12.0 Å². The number of hydrogen-bond acceptors (Lipinski definition) is 3. The molecule has 0 saturated heterocycles. The Labute approximate surface area is 111 Å². The summed E-state index contributed by atoms with van der Waals surface area (Å²) in [5.41, 5.74) is 0. The van der Waals surface area contributed by atoms with Crippen LogP contribution in [0.1, 0.15) is 46.5 Å². The number of aliphatic carboxylic acids is 1. The van der Waals surface area contributed by atoms with Gasteiger partial charge in [0, 0.05) is 6.04 Å². The van der Waals surface area contributed by atoms with Crippen LogP contribution in [0.5, 0.6) is 0 Å². The molecule has 0 bridgehead atoms. The zero-order chi connectivity index (χ0) is 13.5. The van der Waals surface area contributed by atoms with Crippen molar-refractivity contribution >= 4 is 5.97 Å². The molecule has 0 aromatic heterocycles. The Morgan fingerprint density at radius 1 is 1.39 bits per heavy atom. The number of nitrogens with one attached hydrogen (secondary N) is 1. The van der Waals surface area contributed by atoms with Crippen molar-refractivity contribution in [3.8, 4) is 0 Å². The molecule has 0 aromatic carbocycles. The quantitative estimate of drug-likeness (QED) is 0.627. The summed E-state index contributed by atoms with van der Waals surface area (Å²) in [5, 5.41) is 12.4. The van der Waals surface area contributed by atoms with Crippen LogP contribution < -0.4 is 5.32 Å². The first kappa shape index (κ1) is 15.4. The summed E-state index contributed by atoms with van der Waals surface area (Å²) in [7, 11) is 0. The zero-order valence-corrected chi connectivity index (χ0v) is 12.0. The fraction of sp³-hybridized carbons (Fsp3) is 0.929. The number of hydrogen-bond donors (Lipinski definition) is 2. The monoisotopic (exact) mass is 256 g/mol. The van der Waals surface area contributed by atoms with Crippen molar-refractivity contribution in [3.05, 3.63) is 0 Å². The number of nitrogens with zero attached hydrogens (tertiary/aromatic N) is 1. The van der Waals surface area contributed by atoms with Gasteiger partial charge < -0.3 is 15.3 Å². The molecule has 18 heavy (non-hydrogen) atoms. The van der Waals surface area contributed by atoms with E-state index in [1.165, 1.54) is 0 Å². The molecule has 2 atom stereocenters. The third-order valence-corrected chi connectivity index (χ3v) is 3.83. The van der Waals surface area contributed by atoms with Crippen LogP contribution in [0.15, 0.2) is 0 Å². The zero-order valence-electron chi connectivity index (χ0n) is 12.0. The van der Waals surface area contributed by atoms with E-state index in [1.807, 2.05) is 0 Å². The van der Waals surface area contributed by atoms with Gasteiger partial charge in [-0.05, 0) is 58.2 Å². The number of carboxylic acids is 1. The van der Waals surface area contributed by atoms with Gasteiger partial charge in [0.05, 0.1) is 0 Å². The molecule has 0 heterocycles. The maximum absolute atomic E-state index is 11.1. The fourth-order valence-corrected chi connectivity index (χ4v) is 2.39. The highest BCUT2D eigenvalue weighted by Gasteiger charge is 2.36. The predicted molar refractivity (Wildman–Crippen MR) is 73.8 cm³/mol. The molecule has 0 amide bonds. The topological polar surface area (TPSA) is 52.6 Å². The molecule has 106 valence electrons. The van der Waals surface area contributed by atoms with Crippen LogP contribution in [0.2, 0.25) is 0 Å². The van der Waals surface area contributed by atoms with Crippen LogP contribution in [0.25, 0.3) is 0 Å². The van der Waals surface area contributed by atoms with Gasteiger partial charge in [0.2, 0.25) is 0 Å². The molecule has 1 aliphatic carbocycles. The summed E-state index contributed by atoms with van der Waals surface area (Å²) in [6.07, 6.45) is 4.31. The van der Waals surface area contributed by atoms with E-state index >= 15 is 0 Å². The summed E-state index contributed by atoms with van der Waals surface area (Å²) < 4.78 is 0. The Kier molecular flexibility index (Phi) is 6.65. The van der Waals surface area contributed by atoms with Gasteiger partial charge in [-0.15, -0.1) is 0 Å². The highest BCUT2D eigenvalue weighted by Crippen LogP contribution is 2.33. The highest BCUT2D eigenvalue weighted by atomic mass is 16.4. The first-order valence-electron chi connectivity index (χ1n) is 7.29. The molecule has 1 saturated carbocycles. The van der Waals surface area contributed by atoms with E-state index in [1.54, 1.807) is 0 Å². The maximum atomic E-state index is 11.1. The minimum atomic E-state index is -0.687. The van der Waals surface area contributed by atoms with Crippen LogP contribution in [-0.4, -0.2) is 47.7 Å². The molecule has 2 unspecified atom stereocenters. The van der Waals surface area contributed by atoms with Crippen LogP contribution >= 0.6 is 0 Å². The Morgan fingerprint density at radius 2 is 2.00 bits per heavy atom. The number of rotatable bonds is 10. The minimum Gasteiger partial charge on any atom is -0.480 e. The smallest absolute Gasteiger partial charge is 0.320 e. The molecule has 0 aliphatic heterocycles. The van der Waals surface area contributed by atoms with E-state index in [2.05, 4.69) is 31.0 Å². The Morgan fingerprint density at radius 3 is 2.44 bits per heavy atom. The Balaban J connectivity index is 2.19. The van der Waals surface area contributed by atoms with Gasteiger partial charge in [-0.3, -0.25) is 4.79 Å². The largest absolute Gasteiger partial charge is 0.480 e. The maximum Gasteiger partial charge on any atom is 0.320 e. The second kappa shape index (κ2) is 7.74. The summed E-state index contributed by atoms with van der Waals surface area (Å²) >= 11 is 0. The molecular weight excluding hydrogens is 228 g/mol. The lowest BCUT2D eigenvalue weighted by Gasteiger charge is -2.22. The lowest BCUT2D eigenvalue weighted by Crippen LogP contribution is -2.43. The van der Waals surface area contributed by atoms with Crippen molar-refractivity contribution in [3.63, 3.8) is 0 Å². The van der Waals surface area contributed by atoms with Gasteiger partial charge in [-0.25, -0.2) is 0 Å². The molecule has 1 aliphatic rings. The molecule has 0 spiro atoms. The molecule has 1 fully saturated rings. The molecule has 0 aromatic rings. The normalized spacial score (nSPS) is 18.9. The van der Waals surface area contributed by atoms with Crippen LogP contribution in [-0.2, 0) is 4.79 Å². The van der Waals surface area contributed by atoms with E-state index in [4.69, 9.17) is 5.11 Å². The van der Waals surface area contributed by atoms with Gasteiger partial charge in [-0.2, -0.15) is 0 Å². The van der Waals surface area contributed by atoms with Crippen LogP contribution in [0, 0.1) is 5.92 Å². The van der Waals surface area contributed by atoms with Crippen LogP contribution in [0.4, 0.5) is 0 Å². The van der Waals surface area contributed by atoms with Crippen molar-refractivity contribution in [2.24, 2.45) is 5.92 Å². The van der Waals surface area contributed by atoms with Crippen molar-refractivity contribution < 1.29 is 9.90 Å². The number of carbonyl (C=O) groups is 1. The lowest BCUT2D eigenvalue weighted by molar-refractivity contribution is -0.140. The van der Waals surface area contributed by atoms with E-state index < -0.39 is 5.97 Å². The summed E-state index contributed by atoms with van der Waals surface area (Å²) in [6.45, 7) is 9.76. The van der Waals surface area contributed by atoms with Crippen molar-refractivity contribution in [2.75, 3.05) is 19.6 Å². The molecular formula is C14H28N2O2. The average Bonchev–Trinajstić information content (AvgIpc) is 3.15. The average molecular weight is 256 g/mol. The Hall–Kier alpha value is -0.610. The number of carboxylic acid groups (broad SMARTS) is 1. The van der Waals surface area contributed by atoms with E-state index in [-0.39, 0.29) is 6.04 Å². The predicted octanol–water partition coefficient (Wildman–Crippen LogP) is 1.95. The van der Waals surface area contributed by atoms with Gasteiger partial charge in [-0.1, -0.05) is 13.8 Å². The van der Waals surface area contributed by atoms with Gasteiger partial charge in [0.15, 0.2) is 0 Å². The molecule has 0 radical (unpaired) electrons. The van der Waals surface area contributed by atoms with Crippen LogP contribution in [0.3, 0.4) is 0 Å². The fourth-order valence-electron chi connectivity index (χ4n) is 2.39. The first-order valence-corrected chi connectivity index (χ1v) is 7.29.